The highest BCUT2D eigenvalue weighted by atomic mass is 16.2. The summed E-state index contributed by atoms with van der Waals surface area (Å²) in [6, 6.07) is 11.0. The molecule has 1 saturated heterocycles. The van der Waals surface area contributed by atoms with Crippen molar-refractivity contribution in [2.75, 3.05) is 6.54 Å². The van der Waals surface area contributed by atoms with Gasteiger partial charge in [0.1, 0.15) is 0 Å². The molecule has 2 N–H and O–H groups in total. The van der Waals surface area contributed by atoms with Gasteiger partial charge in [0.15, 0.2) is 0 Å². The molecule has 1 saturated carbocycles. The molecule has 3 unspecified atom stereocenters. The van der Waals surface area contributed by atoms with E-state index in [2.05, 4.69) is 34.9 Å². The predicted octanol–water partition coefficient (Wildman–Crippen LogP) is 1.49. The molecule has 1 aliphatic heterocycles. The summed E-state index contributed by atoms with van der Waals surface area (Å²) in [5.74, 6) is 0.839. The van der Waals surface area contributed by atoms with Crippen molar-refractivity contribution in [3.8, 4) is 0 Å². The van der Waals surface area contributed by atoms with Crippen LogP contribution >= 0.6 is 0 Å². The number of hydrogen-bond acceptors (Lipinski definition) is 2. The van der Waals surface area contributed by atoms with Crippen LogP contribution in [0.25, 0.3) is 0 Å². The summed E-state index contributed by atoms with van der Waals surface area (Å²) in [5.41, 5.74) is 1.37. The quantitative estimate of drug-likeness (QED) is 0.842. The van der Waals surface area contributed by atoms with E-state index >= 15 is 0 Å². The summed E-state index contributed by atoms with van der Waals surface area (Å²) < 4.78 is 0. The van der Waals surface area contributed by atoms with Crippen LogP contribution in [0.15, 0.2) is 30.3 Å². The van der Waals surface area contributed by atoms with Crippen LogP contribution in [0.5, 0.6) is 0 Å². The van der Waals surface area contributed by atoms with Gasteiger partial charge in [0.05, 0.1) is 6.04 Å². The Morgan fingerprint density at radius 3 is 2.89 bits per heavy atom. The van der Waals surface area contributed by atoms with Crippen molar-refractivity contribution < 1.29 is 4.79 Å². The lowest BCUT2D eigenvalue weighted by Gasteiger charge is -2.10. The number of rotatable bonds is 4. The third-order valence-corrected chi connectivity index (χ3v) is 3.97. The Labute approximate surface area is 108 Å². The van der Waals surface area contributed by atoms with Crippen molar-refractivity contribution in [3.63, 3.8) is 0 Å². The van der Waals surface area contributed by atoms with Gasteiger partial charge in [0.25, 0.3) is 0 Å². The number of amides is 1. The predicted molar refractivity (Wildman–Crippen MR) is 71.2 cm³/mol. The normalized spacial score (nSPS) is 30.1. The van der Waals surface area contributed by atoms with Gasteiger partial charge < -0.3 is 10.6 Å². The van der Waals surface area contributed by atoms with Crippen LogP contribution in [0.4, 0.5) is 0 Å². The minimum absolute atomic E-state index is 0.0583. The first-order valence-electron chi connectivity index (χ1n) is 6.90. The van der Waals surface area contributed by atoms with Crippen LogP contribution in [-0.2, 0) is 11.2 Å². The van der Waals surface area contributed by atoms with Crippen LogP contribution < -0.4 is 10.6 Å². The van der Waals surface area contributed by atoms with Gasteiger partial charge in [0.2, 0.25) is 5.91 Å². The summed E-state index contributed by atoms with van der Waals surface area (Å²) in [7, 11) is 0. The molecular formula is C15H20N2O. The Morgan fingerprint density at radius 1 is 1.33 bits per heavy atom. The average Bonchev–Trinajstić information content (AvgIpc) is 2.92. The molecule has 3 rings (SSSR count). The second-order valence-electron chi connectivity index (χ2n) is 5.45. The molecule has 2 aliphatic rings. The Hall–Kier alpha value is -1.35. The standard InChI is InChI=1S/C15H20N2O/c18-15(13-7-4-8-16-13)17-14-10-12(14)9-11-5-2-1-3-6-11/h1-3,5-6,12-14,16H,4,7-10H2,(H,17,18). The third-order valence-electron chi connectivity index (χ3n) is 3.97. The zero-order valence-electron chi connectivity index (χ0n) is 10.6. The van der Waals surface area contributed by atoms with Crippen LogP contribution in [0, 0.1) is 5.92 Å². The van der Waals surface area contributed by atoms with E-state index in [9.17, 15) is 4.79 Å². The summed E-state index contributed by atoms with van der Waals surface area (Å²) >= 11 is 0. The zero-order valence-corrected chi connectivity index (χ0v) is 10.6. The molecule has 3 heteroatoms. The van der Waals surface area contributed by atoms with E-state index in [1.165, 1.54) is 5.56 Å². The van der Waals surface area contributed by atoms with E-state index in [1.807, 2.05) is 6.07 Å². The fraction of sp³-hybridized carbons (Fsp3) is 0.533. The molecule has 0 spiro atoms. The lowest BCUT2D eigenvalue weighted by atomic mass is 10.1. The van der Waals surface area contributed by atoms with Gasteiger partial charge in [-0.2, -0.15) is 0 Å². The van der Waals surface area contributed by atoms with Gasteiger partial charge >= 0.3 is 0 Å². The minimum Gasteiger partial charge on any atom is -0.352 e. The van der Waals surface area contributed by atoms with Gasteiger partial charge in [-0.3, -0.25) is 4.79 Å². The van der Waals surface area contributed by atoms with Crippen molar-refractivity contribution >= 4 is 5.91 Å². The lowest BCUT2D eigenvalue weighted by Crippen LogP contribution is -2.41. The largest absolute Gasteiger partial charge is 0.352 e. The first kappa shape index (κ1) is 11.7. The molecule has 0 bridgehead atoms. The summed E-state index contributed by atoms with van der Waals surface area (Å²) in [6.45, 7) is 0.982. The molecule has 3 nitrogen and oxygen atoms in total. The molecular weight excluding hydrogens is 224 g/mol. The molecule has 1 aromatic carbocycles. The molecule has 0 radical (unpaired) electrons. The molecule has 1 heterocycles. The van der Waals surface area contributed by atoms with Crippen LogP contribution in [0.1, 0.15) is 24.8 Å². The smallest absolute Gasteiger partial charge is 0.237 e. The number of carbonyl (C=O) groups excluding carboxylic acids is 1. The van der Waals surface area contributed by atoms with Gasteiger partial charge in [-0.1, -0.05) is 30.3 Å². The fourth-order valence-corrected chi connectivity index (χ4v) is 2.76. The topological polar surface area (TPSA) is 41.1 Å². The monoisotopic (exact) mass is 244 g/mol. The average molecular weight is 244 g/mol. The van der Waals surface area contributed by atoms with E-state index in [-0.39, 0.29) is 11.9 Å². The molecule has 96 valence electrons. The number of nitrogens with one attached hydrogen (secondary N) is 2. The maximum atomic E-state index is 11.9. The molecule has 3 atom stereocenters. The lowest BCUT2D eigenvalue weighted by molar-refractivity contribution is -0.123. The zero-order chi connectivity index (χ0) is 12.4. The number of benzene rings is 1. The van der Waals surface area contributed by atoms with E-state index in [1.54, 1.807) is 0 Å². The maximum absolute atomic E-state index is 11.9. The van der Waals surface area contributed by atoms with E-state index < -0.39 is 0 Å². The van der Waals surface area contributed by atoms with E-state index in [4.69, 9.17) is 0 Å². The van der Waals surface area contributed by atoms with E-state index in [0.717, 1.165) is 32.2 Å². The van der Waals surface area contributed by atoms with Crippen molar-refractivity contribution in [1.29, 1.82) is 0 Å². The van der Waals surface area contributed by atoms with E-state index in [0.29, 0.717) is 12.0 Å². The van der Waals surface area contributed by atoms with Gasteiger partial charge in [-0.05, 0) is 43.7 Å². The molecule has 0 aromatic heterocycles. The molecule has 18 heavy (non-hydrogen) atoms. The third kappa shape index (κ3) is 2.72. The van der Waals surface area contributed by atoms with Crippen molar-refractivity contribution in [2.24, 2.45) is 5.92 Å². The summed E-state index contributed by atoms with van der Waals surface area (Å²) in [4.78, 5) is 11.9. The second-order valence-corrected chi connectivity index (χ2v) is 5.45. The van der Waals surface area contributed by atoms with Crippen LogP contribution in [0.3, 0.4) is 0 Å². The number of carbonyl (C=O) groups is 1. The van der Waals surface area contributed by atoms with Gasteiger partial charge in [0, 0.05) is 6.04 Å². The number of hydrogen-bond donors (Lipinski definition) is 2. The summed E-state index contributed by atoms with van der Waals surface area (Å²) in [5, 5.41) is 6.41. The summed E-state index contributed by atoms with van der Waals surface area (Å²) in [6.07, 6.45) is 4.33. The molecule has 1 aromatic rings. The highest BCUT2D eigenvalue weighted by molar-refractivity contribution is 5.82. The fourth-order valence-electron chi connectivity index (χ4n) is 2.76. The van der Waals surface area contributed by atoms with Gasteiger partial charge in [-0.25, -0.2) is 0 Å². The Balaban J connectivity index is 1.45. The van der Waals surface area contributed by atoms with Crippen molar-refractivity contribution in [1.82, 2.24) is 10.6 Å². The highest BCUT2D eigenvalue weighted by Gasteiger charge is 2.39. The molecule has 1 amide bonds. The second kappa shape index (κ2) is 5.11. The first-order valence-corrected chi connectivity index (χ1v) is 6.90. The minimum atomic E-state index is 0.0583. The first-order chi connectivity index (χ1) is 8.83. The van der Waals surface area contributed by atoms with Gasteiger partial charge in [-0.15, -0.1) is 0 Å². The SMILES string of the molecule is O=C(NC1CC1Cc1ccccc1)C1CCCN1. The van der Waals surface area contributed by atoms with Crippen LogP contribution in [-0.4, -0.2) is 24.5 Å². The molecule has 2 fully saturated rings. The van der Waals surface area contributed by atoms with Crippen molar-refractivity contribution in [2.45, 2.75) is 37.8 Å². The Morgan fingerprint density at radius 2 is 2.17 bits per heavy atom. The van der Waals surface area contributed by atoms with Crippen molar-refractivity contribution in [3.05, 3.63) is 35.9 Å². The Kier molecular flexibility index (Phi) is 3.33. The Bertz CT molecular complexity index is 412. The maximum Gasteiger partial charge on any atom is 0.237 e. The van der Waals surface area contributed by atoms with Crippen LogP contribution in [0.2, 0.25) is 0 Å². The highest BCUT2D eigenvalue weighted by Crippen LogP contribution is 2.33. The molecule has 1 aliphatic carbocycles.